The molecule has 182 valence electrons. The van der Waals surface area contributed by atoms with E-state index >= 15 is 0 Å². The van der Waals surface area contributed by atoms with Crippen molar-refractivity contribution in [2.45, 2.75) is 13.3 Å². The standard InChI is InChI=1S/C38H24S/c1-22-7-8-25-17-35-36-19-29-14-32-15-31-13-28-12-24(23-5-3-2-4-6-23)9-10-26(28)16-33(31)34(32)18-30(29)21-38(36)39-37(35)20-27(25)11-22/h2-14,16-21H,15H2,1H3. The number of hydrogen-bond acceptors (Lipinski definition) is 1. The Balaban J connectivity index is 1.20. The van der Waals surface area contributed by atoms with E-state index in [1.165, 1.54) is 91.4 Å². The van der Waals surface area contributed by atoms with Gasteiger partial charge < -0.3 is 0 Å². The molecule has 1 heterocycles. The zero-order valence-electron chi connectivity index (χ0n) is 21.6. The van der Waals surface area contributed by atoms with Crippen molar-refractivity contribution in [3.63, 3.8) is 0 Å². The van der Waals surface area contributed by atoms with E-state index in [9.17, 15) is 0 Å². The highest BCUT2D eigenvalue weighted by molar-refractivity contribution is 7.26. The first-order valence-electron chi connectivity index (χ1n) is 13.6. The van der Waals surface area contributed by atoms with Crippen LogP contribution in [-0.4, -0.2) is 0 Å². The van der Waals surface area contributed by atoms with E-state index in [4.69, 9.17) is 0 Å². The number of fused-ring (bicyclic) bond motifs is 9. The fourth-order valence-corrected chi connectivity index (χ4v) is 7.80. The molecule has 39 heavy (non-hydrogen) atoms. The van der Waals surface area contributed by atoms with Gasteiger partial charge in [0.1, 0.15) is 0 Å². The highest BCUT2D eigenvalue weighted by Crippen LogP contribution is 2.44. The van der Waals surface area contributed by atoms with Crippen LogP contribution < -0.4 is 0 Å². The summed E-state index contributed by atoms with van der Waals surface area (Å²) in [4.78, 5) is 0. The van der Waals surface area contributed by atoms with E-state index in [-0.39, 0.29) is 0 Å². The quantitative estimate of drug-likeness (QED) is 0.205. The molecule has 0 unspecified atom stereocenters. The van der Waals surface area contributed by atoms with Gasteiger partial charge in [0.25, 0.3) is 0 Å². The topological polar surface area (TPSA) is 0 Å². The van der Waals surface area contributed by atoms with E-state index in [2.05, 4.69) is 122 Å². The second-order valence-electron chi connectivity index (χ2n) is 11.1. The Morgan fingerprint density at radius 1 is 0.462 bits per heavy atom. The van der Waals surface area contributed by atoms with Crippen LogP contribution in [-0.2, 0) is 6.42 Å². The van der Waals surface area contributed by atoms with Gasteiger partial charge in [-0.25, -0.2) is 0 Å². The molecule has 0 atom stereocenters. The Labute approximate surface area is 230 Å². The molecular formula is C38H24S. The van der Waals surface area contributed by atoms with E-state index in [1.54, 1.807) is 0 Å². The minimum atomic E-state index is 0.999. The van der Waals surface area contributed by atoms with Gasteiger partial charge in [-0.05, 0) is 122 Å². The van der Waals surface area contributed by atoms with Gasteiger partial charge in [0.15, 0.2) is 0 Å². The third-order valence-electron chi connectivity index (χ3n) is 8.61. The van der Waals surface area contributed by atoms with Gasteiger partial charge in [0, 0.05) is 20.2 Å². The van der Waals surface area contributed by atoms with Crippen LogP contribution in [0, 0.1) is 6.92 Å². The summed E-state index contributed by atoms with van der Waals surface area (Å²) in [5, 5.41) is 10.7. The lowest BCUT2D eigenvalue weighted by Gasteiger charge is -2.08. The highest BCUT2D eigenvalue weighted by Gasteiger charge is 2.21. The zero-order chi connectivity index (χ0) is 25.7. The Hall–Kier alpha value is -4.46. The molecule has 1 aromatic heterocycles. The van der Waals surface area contributed by atoms with Gasteiger partial charge in [-0.15, -0.1) is 11.3 Å². The lowest BCUT2D eigenvalue weighted by Crippen LogP contribution is -1.83. The molecule has 0 bridgehead atoms. The zero-order valence-corrected chi connectivity index (χ0v) is 22.4. The van der Waals surface area contributed by atoms with Crippen LogP contribution in [0.3, 0.4) is 0 Å². The molecule has 1 aliphatic rings. The maximum atomic E-state index is 2.44. The van der Waals surface area contributed by atoms with Gasteiger partial charge in [-0.2, -0.15) is 0 Å². The third-order valence-corrected chi connectivity index (χ3v) is 9.72. The summed E-state index contributed by atoms with van der Waals surface area (Å²) in [6.45, 7) is 2.17. The summed E-state index contributed by atoms with van der Waals surface area (Å²) in [6, 6.07) is 43.6. The Bertz CT molecular complexity index is 2300. The SMILES string of the molecule is Cc1ccc2cc3c(cc2c1)sc1cc2cc4c(cc2cc13)Cc1cc2cc(-c3ccccc3)ccc2cc1-4. The van der Waals surface area contributed by atoms with Gasteiger partial charge in [0.05, 0.1) is 0 Å². The summed E-state index contributed by atoms with van der Waals surface area (Å²) in [5.41, 5.74) is 9.53. The number of hydrogen-bond donors (Lipinski definition) is 0. The molecule has 0 spiro atoms. The normalized spacial score (nSPS) is 12.6. The average Bonchev–Trinajstić information content (AvgIpc) is 3.48. The van der Waals surface area contributed by atoms with Crippen molar-refractivity contribution < 1.29 is 0 Å². The molecule has 9 rings (SSSR count). The van der Waals surface area contributed by atoms with Gasteiger partial charge in [-0.1, -0.05) is 78.4 Å². The number of aryl methyl sites for hydroxylation is 1. The Kier molecular flexibility index (Phi) is 4.29. The highest BCUT2D eigenvalue weighted by atomic mass is 32.1. The number of thiophene rings is 1. The van der Waals surface area contributed by atoms with E-state index in [0.29, 0.717) is 0 Å². The van der Waals surface area contributed by atoms with E-state index in [0.717, 1.165) is 6.42 Å². The van der Waals surface area contributed by atoms with Crippen molar-refractivity contribution in [2.75, 3.05) is 0 Å². The molecule has 0 nitrogen and oxygen atoms in total. The predicted octanol–water partition coefficient (Wildman–Crippen LogP) is 11.1. The molecule has 1 heteroatoms. The first-order chi connectivity index (χ1) is 19.2. The van der Waals surface area contributed by atoms with Crippen molar-refractivity contribution in [1.29, 1.82) is 0 Å². The van der Waals surface area contributed by atoms with Crippen molar-refractivity contribution in [2.24, 2.45) is 0 Å². The minimum Gasteiger partial charge on any atom is -0.135 e. The largest absolute Gasteiger partial charge is 0.135 e. The van der Waals surface area contributed by atoms with Crippen LogP contribution in [0.1, 0.15) is 16.7 Å². The smallest absolute Gasteiger partial charge is 0.0361 e. The van der Waals surface area contributed by atoms with E-state index < -0.39 is 0 Å². The van der Waals surface area contributed by atoms with Crippen molar-refractivity contribution in [3.8, 4) is 22.3 Å². The summed E-state index contributed by atoms with van der Waals surface area (Å²) in [7, 11) is 0. The van der Waals surface area contributed by atoms with Crippen LogP contribution in [0.2, 0.25) is 0 Å². The van der Waals surface area contributed by atoms with Crippen molar-refractivity contribution >= 4 is 63.8 Å². The van der Waals surface area contributed by atoms with Gasteiger partial charge in [-0.3, -0.25) is 0 Å². The number of rotatable bonds is 1. The van der Waals surface area contributed by atoms with Crippen LogP contribution >= 0.6 is 11.3 Å². The van der Waals surface area contributed by atoms with Crippen LogP contribution in [0.4, 0.5) is 0 Å². The minimum absolute atomic E-state index is 0.999. The maximum Gasteiger partial charge on any atom is 0.0361 e. The second kappa shape index (κ2) is 7.79. The molecule has 0 fully saturated rings. The summed E-state index contributed by atoms with van der Waals surface area (Å²) in [6.07, 6.45) is 0.999. The molecule has 1 aliphatic carbocycles. The van der Waals surface area contributed by atoms with Crippen LogP contribution in [0.5, 0.6) is 0 Å². The molecule has 0 radical (unpaired) electrons. The first kappa shape index (κ1) is 21.5. The lowest BCUT2D eigenvalue weighted by molar-refractivity contribution is 1.28. The second-order valence-corrected chi connectivity index (χ2v) is 12.2. The predicted molar refractivity (Wildman–Crippen MR) is 170 cm³/mol. The fourth-order valence-electron chi connectivity index (χ4n) is 6.63. The Morgan fingerprint density at radius 2 is 1.05 bits per heavy atom. The lowest BCUT2D eigenvalue weighted by atomic mass is 9.96. The molecular weight excluding hydrogens is 488 g/mol. The molecule has 0 amide bonds. The average molecular weight is 513 g/mol. The molecule has 0 aliphatic heterocycles. The fraction of sp³-hybridized carbons (Fsp3) is 0.0526. The first-order valence-corrected chi connectivity index (χ1v) is 14.4. The van der Waals surface area contributed by atoms with Crippen LogP contribution in [0.25, 0.3) is 74.7 Å². The Morgan fingerprint density at radius 3 is 1.82 bits per heavy atom. The van der Waals surface area contributed by atoms with E-state index in [1.807, 2.05) is 11.3 Å². The van der Waals surface area contributed by atoms with Crippen molar-refractivity contribution in [1.82, 2.24) is 0 Å². The van der Waals surface area contributed by atoms with Crippen molar-refractivity contribution in [3.05, 3.63) is 132 Å². The summed E-state index contributed by atoms with van der Waals surface area (Å²) >= 11 is 1.92. The molecule has 0 saturated heterocycles. The van der Waals surface area contributed by atoms with Gasteiger partial charge >= 0.3 is 0 Å². The summed E-state index contributed by atoms with van der Waals surface area (Å²) < 4.78 is 2.74. The monoisotopic (exact) mass is 512 g/mol. The molecule has 8 aromatic rings. The molecule has 0 saturated carbocycles. The molecule has 0 N–H and O–H groups in total. The molecule has 7 aromatic carbocycles. The van der Waals surface area contributed by atoms with Gasteiger partial charge in [0.2, 0.25) is 0 Å². The maximum absolute atomic E-state index is 2.44. The van der Waals surface area contributed by atoms with Crippen LogP contribution in [0.15, 0.2) is 115 Å². The number of benzene rings is 7. The third kappa shape index (κ3) is 3.24. The summed E-state index contributed by atoms with van der Waals surface area (Å²) in [5.74, 6) is 0.